The molecular weight excluding hydrogens is 284 g/mol. The third-order valence-corrected chi connectivity index (χ3v) is 6.04. The molecule has 0 unspecified atom stereocenters. The first-order valence-corrected chi connectivity index (χ1v) is 8.49. The van der Waals surface area contributed by atoms with Gasteiger partial charge in [0.25, 0.3) is 10.0 Å². The van der Waals surface area contributed by atoms with Gasteiger partial charge in [-0.15, -0.1) is 11.3 Å². The molecule has 1 aromatic rings. The van der Waals surface area contributed by atoms with Crippen LogP contribution in [0.4, 0.5) is 0 Å². The highest BCUT2D eigenvalue weighted by atomic mass is 32.2. The number of rotatable bonds is 3. The van der Waals surface area contributed by atoms with Crippen LogP contribution < -0.4 is 9.86 Å². The van der Waals surface area contributed by atoms with Gasteiger partial charge in [0.05, 0.1) is 0 Å². The Balaban J connectivity index is 3.32. The number of primary sulfonamides is 1. The summed E-state index contributed by atoms with van der Waals surface area (Å²) in [7, 11) is -7.92. The zero-order chi connectivity index (χ0) is 13.5. The fourth-order valence-corrected chi connectivity index (χ4v) is 5.43. The fraction of sp³-hybridized carbons (Fsp3) is 0.500. The monoisotopic (exact) mass is 298 g/mol. The maximum Gasteiger partial charge on any atom is 0.251 e. The van der Waals surface area contributed by atoms with Crippen LogP contribution in [0.2, 0.25) is 0 Å². The minimum atomic E-state index is -4.04. The molecule has 3 N–H and O–H groups in total. The molecule has 1 aromatic heterocycles. The first kappa shape index (κ1) is 14.6. The maximum absolute atomic E-state index is 12.0. The molecule has 0 aliphatic heterocycles. The summed E-state index contributed by atoms with van der Waals surface area (Å²) in [5, 5.41) is 6.32. The van der Waals surface area contributed by atoms with E-state index in [9.17, 15) is 16.8 Å². The summed E-state index contributed by atoms with van der Waals surface area (Å²) in [5.41, 5.74) is -0.696. The van der Waals surface area contributed by atoms with E-state index in [4.69, 9.17) is 5.14 Å². The molecule has 0 radical (unpaired) electrons. The smallest absolute Gasteiger partial charge is 0.225 e. The van der Waals surface area contributed by atoms with Crippen molar-refractivity contribution in [1.29, 1.82) is 0 Å². The molecule has 0 atom stereocenters. The van der Waals surface area contributed by atoms with E-state index in [1.807, 2.05) is 0 Å². The van der Waals surface area contributed by atoms with Crippen LogP contribution in [0.3, 0.4) is 0 Å². The van der Waals surface area contributed by atoms with Gasteiger partial charge in [-0.3, -0.25) is 0 Å². The highest BCUT2D eigenvalue weighted by Crippen LogP contribution is 2.26. The average Bonchev–Trinajstić information content (AvgIpc) is 2.44. The number of hydrogen-bond donors (Lipinski definition) is 2. The third kappa shape index (κ3) is 3.75. The van der Waals surface area contributed by atoms with Gasteiger partial charge < -0.3 is 0 Å². The minimum Gasteiger partial charge on any atom is -0.225 e. The van der Waals surface area contributed by atoms with E-state index in [0.717, 1.165) is 11.3 Å². The molecule has 0 aliphatic carbocycles. The van der Waals surface area contributed by atoms with Crippen LogP contribution in [0.1, 0.15) is 20.8 Å². The molecule has 0 bridgehead atoms. The summed E-state index contributed by atoms with van der Waals surface area (Å²) in [4.78, 5) is -0.376. The van der Waals surface area contributed by atoms with Crippen LogP contribution in [0.25, 0.3) is 0 Å². The lowest BCUT2D eigenvalue weighted by Gasteiger charge is -2.19. The van der Waals surface area contributed by atoms with Crippen molar-refractivity contribution in [3.05, 3.63) is 11.4 Å². The minimum absolute atomic E-state index is 0.282. The summed E-state index contributed by atoms with van der Waals surface area (Å²) < 4.78 is 48.4. The van der Waals surface area contributed by atoms with Crippen molar-refractivity contribution in [1.82, 2.24) is 4.72 Å². The third-order valence-electron chi connectivity index (χ3n) is 1.59. The van der Waals surface area contributed by atoms with Gasteiger partial charge in [0.1, 0.15) is 4.90 Å². The predicted molar refractivity (Wildman–Crippen MR) is 65.8 cm³/mol. The second kappa shape index (κ2) is 4.32. The van der Waals surface area contributed by atoms with Gasteiger partial charge in [-0.2, -0.15) is 0 Å². The Hall–Kier alpha value is -0.480. The Bertz CT molecular complexity index is 607. The lowest BCUT2D eigenvalue weighted by molar-refractivity contribution is 0.491. The van der Waals surface area contributed by atoms with Crippen molar-refractivity contribution >= 4 is 31.4 Å². The van der Waals surface area contributed by atoms with Crippen LogP contribution in [-0.4, -0.2) is 22.4 Å². The number of hydrogen-bond acceptors (Lipinski definition) is 5. The fourth-order valence-electron chi connectivity index (χ4n) is 1.14. The maximum atomic E-state index is 12.0. The van der Waals surface area contributed by atoms with Crippen LogP contribution in [0, 0.1) is 0 Å². The SMILES string of the molecule is CC(C)(C)NS(=O)(=O)c1sccc1S(N)(=O)=O. The van der Waals surface area contributed by atoms with Crippen LogP contribution in [-0.2, 0) is 20.0 Å². The van der Waals surface area contributed by atoms with E-state index in [1.165, 1.54) is 11.4 Å². The summed E-state index contributed by atoms with van der Waals surface area (Å²) in [6.45, 7) is 4.98. The summed E-state index contributed by atoms with van der Waals surface area (Å²) in [6.07, 6.45) is 0. The van der Waals surface area contributed by atoms with E-state index >= 15 is 0 Å². The van der Waals surface area contributed by atoms with E-state index in [-0.39, 0.29) is 9.10 Å². The molecule has 0 amide bonds. The van der Waals surface area contributed by atoms with Crippen molar-refractivity contribution in [2.24, 2.45) is 5.14 Å². The van der Waals surface area contributed by atoms with E-state index in [2.05, 4.69) is 4.72 Å². The lowest BCUT2D eigenvalue weighted by atomic mass is 10.1. The van der Waals surface area contributed by atoms with Gasteiger partial charge in [0, 0.05) is 5.54 Å². The molecule has 17 heavy (non-hydrogen) atoms. The number of sulfonamides is 2. The largest absolute Gasteiger partial charge is 0.251 e. The first-order valence-electron chi connectivity index (χ1n) is 4.58. The Labute approximate surface area is 105 Å². The van der Waals surface area contributed by atoms with Gasteiger partial charge in [0.15, 0.2) is 4.21 Å². The molecule has 0 aliphatic rings. The molecule has 6 nitrogen and oxygen atoms in total. The van der Waals surface area contributed by atoms with Crippen molar-refractivity contribution < 1.29 is 16.8 Å². The zero-order valence-corrected chi connectivity index (χ0v) is 12.0. The molecule has 1 heterocycles. The van der Waals surface area contributed by atoms with Gasteiger partial charge in [-0.05, 0) is 32.2 Å². The number of thiophene rings is 1. The summed E-state index contributed by atoms with van der Waals surface area (Å²) in [5.74, 6) is 0. The zero-order valence-electron chi connectivity index (χ0n) is 9.59. The van der Waals surface area contributed by atoms with Crippen LogP contribution >= 0.6 is 11.3 Å². The molecule has 98 valence electrons. The normalized spacial score (nSPS) is 13.9. The first-order chi connectivity index (χ1) is 7.43. The molecule has 0 fully saturated rings. The highest BCUT2D eigenvalue weighted by Gasteiger charge is 2.29. The second-order valence-electron chi connectivity index (χ2n) is 4.47. The molecular formula is C8H14N2O4S3. The topological polar surface area (TPSA) is 106 Å². The van der Waals surface area contributed by atoms with E-state index in [1.54, 1.807) is 20.8 Å². The highest BCUT2D eigenvalue weighted by molar-refractivity contribution is 7.94. The molecule has 1 rings (SSSR count). The van der Waals surface area contributed by atoms with Crippen molar-refractivity contribution in [2.45, 2.75) is 35.4 Å². The number of nitrogens with one attached hydrogen (secondary N) is 1. The van der Waals surface area contributed by atoms with Gasteiger partial charge in [-0.25, -0.2) is 26.7 Å². The Kier molecular flexibility index (Phi) is 3.71. The van der Waals surface area contributed by atoms with Gasteiger partial charge >= 0.3 is 0 Å². The lowest BCUT2D eigenvalue weighted by Crippen LogP contribution is -2.40. The summed E-state index contributed by atoms with van der Waals surface area (Å²) in [6, 6.07) is 1.18. The molecule has 0 aromatic carbocycles. The van der Waals surface area contributed by atoms with Crippen LogP contribution in [0.15, 0.2) is 20.6 Å². The van der Waals surface area contributed by atoms with Crippen molar-refractivity contribution in [3.63, 3.8) is 0 Å². The molecule has 9 heteroatoms. The Morgan fingerprint density at radius 3 is 2.18 bits per heavy atom. The standard InChI is InChI=1S/C8H14N2O4S3/c1-8(2,3)10-17(13,14)7-6(4-5-15-7)16(9,11)12/h4-5,10H,1-3H3,(H2,9,11,12). The molecule has 0 saturated heterocycles. The second-order valence-corrected chi connectivity index (χ2v) is 8.80. The quantitative estimate of drug-likeness (QED) is 0.846. The van der Waals surface area contributed by atoms with Crippen LogP contribution in [0.5, 0.6) is 0 Å². The van der Waals surface area contributed by atoms with Crippen molar-refractivity contribution in [2.75, 3.05) is 0 Å². The predicted octanol–water partition coefficient (Wildman–Crippen LogP) is 0.472. The number of nitrogens with two attached hydrogens (primary N) is 1. The van der Waals surface area contributed by atoms with Crippen molar-refractivity contribution in [3.8, 4) is 0 Å². The molecule has 0 saturated carbocycles. The average molecular weight is 298 g/mol. The Morgan fingerprint density at radius 2 is 1.76 bits per heavy atom. The summed E-state index contributed by atoms with van der Waals surface area (Å²) >= 11 is 0.814. The molecule has 0 spiro atoms. The van der Waals surface area contributed by atoms with Gasteiger partial charge in [0.2, 0.25) is 10.0 Å². The van der Waals surface area contributed by atoms with Gasteiger partial charge in [-0.1, -0.05) is 0 Å². The Morgan fingerprint density at radius 1 is 1.24 bits per heavy atom. The van der Waals surface area contributed by atoms with E-state index < -0.39 is 25.6 Å². The van der Waals surface area contributed by atoms with E-state index in [0.29, 0.717) is 0 Å².